The first kappa shape index (κ1) is 17.2. The van der Waals surface area contributed by atoms with E-state index in [9.17, 15) is 4.79 Å². The highest BCUT2D eigenvalue weighted by Crippen LogP contribution is 2.14. The Balaban J connectivity index is 2.98. The highest BCUT2D eigenvalue weighted by molar-refractivity contribution is 5.94. The smallest absolute Gasteiger partial charge is 0.254 e. The Morgan fingerprint density at radius 3 is 2.67 bits per heavy atom. The van der Waals surface area contributed by atoms with Crippen molar-refractivity contribution < 1.29 is 14.6 Å². The van der Waals surface area contributed by atoms with Crippen molar-refractivity contribution in [3.63, 3.8) is 0 Å². The van der Waals surface area contributed by atoms with Crippen molar-refractivity contribution in [3.05, 3.63) is 34.9 Å². The van der Waals surface area contributed by atoms with Crippen LogP contribution in [0, 0.1) is 18.8 Å². The van der Waals surface area contributed by atoms with E-state index in [4.69, 9.17) is 9.84 Å². The zero-order valence-corrected chi connectivity index (χ0v) is 13.1. The lowest BCUT2D eigenvalue weighted by Crippen LogP contribution is -2.39. The van der Waals surface area contributed by atoms with Crippen molar-refractivity contribution >= 4 is 5.91 Å². The second kappa shape index (κ2) is 8.46. The van der Waals surface area contributed by atoms with E-state index in [1.54, 1.807) is 18.1 Å². The fourth-order valence-electron chi connectivity index (χ4n) is 2.02. The van der Waals surface area contributed by atoms with E-state index >= 15 is 0 Å². The van der Waals surface area contributed by atoms with E-state index in [1.165, 1.54) is 0 Å². The average Bonchev–Trinajstić information content (AvgIpc) is 2.45. The van der Waals surface area contributed by atoms with E-state index in [0.29, 0.717) is 18.7 Å². The molecule has 0 saturated carbocycles. The molecule has 4 nitrogen and oxygen atoms in total. The van der Waals surface area contributed by atoms with E-state index in [1.807, 2.05) is 32.9 Å². The van der Waals surface area contributed by atoms with Crippen LogP contribution >= 0.6 is 0 Å². The van der Waals surface area contributed by atoms with Gasteiger partial charge in [-0.1, -0.05) is 11.8 Å². The first-order valence-electron chi connectivity index (χ1n) is 7.01. The zero-order valence-electron chi connectivity index (χ0n) is 13.1. The number of ether oxygens (including phenoxy) is 1. The van der Waals surface area contributed by atoms with Crippen molar-refractivity contribution in [2.45, 2.75) is 26.8 Å². The molecule has 21 heavy (non-hydrogen) atoms. The molecule has 0 aliphatic heterocycles. The zero-order chi connectivity index (χ0) is 15.8. The Bertz CT molecular complexity index is 541. The van der Waals surface area contributed by atoms with E-state index < -0.39 is 0 Å². The molecule has 0 fully saturated rings. The Kier molecular flexibility index (Phi) is 6.93. The Morgan fingerprint density at radius 2 is 2.14 bits per heavy atom. The molecule has 0 aromatic heterocycles. The van der Waals surface area contributed by atoms with Crippen LogP contribution < -0.4 is 0 Å². The summed E-state index contributed by atoms with van der Waals surface area (Å²) >= 11 is 0. The molecule has 4 heteroatoms. The molecule has 0 saturated heterocycles. The predicted octanol–water partition coefficient (Wildman–Crippen LogP) is 1.84. The second-order valence-electron chi connectivity index (χ2n) is 5.07. The van der Waals surface area contributed by atoms with Gasteiger partial charge in [0.15, 0.2) is 0 Å². The minimum atomic E-state index is -0.168. The van der Waals surface area contributed by atoms with E-state index in [-0.39, 0.29) is 18.6 Å². The third-order valence-electron chi connectivity index (χ3n) is 3.20. The Labute approximate surface area is 126 Å². The summed E-state index contributed by atoms with van der Waals surface area (Å²) in [6.45, 7) is 6.80. The van der Waals surface area contributed by atoms with Crippen molar-refractivity contribution in [1.82, 2.24) is 4.90 Å². The van der Waals surface area contributed by atoms with Gasteiger partial charge in [-0.05, 0) is 44.5 Å². The van der Waals surface area contributed by atoms with Crippen molar-refractivity contribution in [3.8, 4) is 11.8 Å². The summed E-state index contributed by atoms with van der Waals surface area (Å²) in [5, 5.41) is 8.73. The molecule has 1 aromatic carbocycles. The minimum absolute atomic E-state index is 0.00758. The molecule has 0 aliphatic rings. The minimum Gasteiger partial charge on any atom is -0.384 e. The molecular weight excluding hydrogens is 266 g/mol. The highest BCUT2D eigenvalue weighted by atomic mass is 16.5. The number of rotatable bonds is 5. The van der Waals surface area contributed by atoms with Gasteiger partial charge in [-0.2, -0.15) is 0 Å². The lowest BCUT2D eigenvalue weighted by Gasteiger charge is -2.26. The Hall–Kier alpha value is -1.83. The van der Waals surface area contributed by atoms with Gasteiger partial charge in [-0.3, -0.25) is 4.79 Å². The number of hydrogen-bond acceptors (Lipinski definition) is 3. The number of hydrogen-bond donors (Lipinski definition) is 1. The third kappa shape index (κ3) is 4.89. The predicted molar refractivity (Wildman–Crippen MR) is 83.2 cm³/mol. The molecular formula is C17H23NO3. The fraction of sp³-hybridized carbons (Fsp3) is 0.471. The SMILES string of the molecule is COCCN(C(=O)c1ccc(C#CCO)c(C)c1)C(C)C. The summed E-state index contributed by atoms with van der Waals surface area (Å²) in [4.78, 5) is 14.4. The first-order valence-corrected chi connectivity index (χ1v) is 7.01. The van der Waals surface area contributed by atoms with Crippen LogP contribution in [0.25, 0.3) is 0 Å². The van der Waals surface area contributed by atoms with Gasteiger partial charge >= 0.3 is 0 Å². The van der Waals surface area contributed by atoms with E-state index in [2.05, 4.69) is 11.8 Å². The number of aliphatic hydroxyl groups is 1. The number of carbonyl (C=O) groups is 1. The third-order valence-corrected chi connectivity index (χ3v) is 3.20. The second-order valence-corrected chi connectivity index (χ2v) is 5.07. The van der Waals surface area contributed by atoms with Crippen molar-refractivity contribution in [1.29, 1.82) is 0 Å². The molecule has 1 N–H and O–H groups in total. The van der Waals surface area contributed by atoms with Crippen molar-refractivity contribution in [2.24, 2.45) is 0 Å². The number of carbonyl (C=O) groups excluding carboxylic acids is 1. The molecule has 0 bridgehead atoms. The number of nitrogens with zero attached hydrogens (tertiary/aromatic N) is 1. The summed E-state index contributed by atoms with van der Waals surface area (Å²) in [6.07, 6.45) is 0. The number of benzene rings is 1. The highest BCUT2D eigenvalue weighted by Gasteiger charge is 2.18. The number of amides is 1. The van der Waals surface area contributed by atoms with Crippen LogP contribution in [0.15, 0.2) is 18.2 Å². The fourth-order valence-corrected chi connectivity index (χ4v) is 2.02. The summed E-state index contributed by atoms with van der Waals surface area (Å²) < 4.78 is 5.06. The largest absolute Gasteiger partial charge is 0.384 e. The van der Waals surface area contributed by atoms with Crippen LogP contribution in [0.1, 0.15) is 35.3 Å². The standard InChI is InChI=1S/C17H23NO3/c1-13(2)18(9-11-21-4)17(20)16-8-7-15(6-5-10-19)14(3)12-16/h7-8,12-13,19H,9-11H2,1-4H3. The van der Waals surface area contributed by atoms with Gasteiger partial charge in [0, 0.05) is 30.8 Å². The van der Waals surface area contributed by atoms with Gasteiger partial charge in [0.2, 0.25) is 0 Å². The molecule has 0 aliphatic carbocycles. The number of methoxy groups -OCH3 is 1. The van der Waals surface area contributed by atoms with Gasteiger partial charge in [-0.15, -0.1) is 0 Å². The van der Waals surface area contributed by atoms with Crippen LogP contribution in [0.3, 0.4) is 0 Å². The lowest BCUT2D eigenvalue weighted by atomic mass is 10.0. The molecule has 0 unspecified atom stereocenters. The van der Waals surface area contributed by atoms with Gasteiger partial charge in [0.25, 0.3) is 5.91 Å². The van der Waals surface area contributed by atoms with Crippen LogP contribution in [-0.2, 0) is 4.74 Å². The number of aliphatic hydroxyl groups excluding tert-OH is 1. The molecule has 1 aromatic rings. The number of aryl methyl sites for hydroxylation is 1. The maximum Gasteiger partial charge on any atom is 0.254 e. The first-order chi connectivity index (χ1) is 10.0. The lowest BCUT2D eigenvalue weighted by molar-refractivity contribution is 0.0635. The summed E-state index contributed by atoms with van der Waals surface area (Å²) in [5.41, 5.74) is 2.40. The summed E-state index contributed by atoms with van der Waals surface area (Å²) in [6, 6.07) is 5.55. The van der Waals surface area contributed by atoms with Gasteiger partial charge in [-0.25, -0.2) is 0 Å². The van der Waals surface area contributed by atoms with Crippen LogP contribution in [0.2, 0.25) is 0 Å². The van der Waals surface area contributed by atoms with Gasteiger partial charge < -0.3 is 14.7 Å². The maximum absolute atomic E-state index is 12.6. The summed E-state index contributed by atoms with van der Waals surface area (Å²) in [5.74, 6) is 5.48. The van der Waals surface area contributed by atoms with Gasteiger partial charge in [0.1, 0.15) is 6.61 Å². The van der Waals surface area contributed by atoms with Gasteiger partial charge in [0.05, 0.1) is 6.61 Å². The van der Waals surface area contributed by atoms with Crippen LogP contribution in [0.4, 0.5) is 0 Å². The maximum atomic E-state index is 12.6. The molecule has 1 rings (SSSR count). The molecule has 114 valence electrons. The average molecular weight is 289 g/mol. The summed E-state index contributed by atoms with van der Waals surface area (Å²) in [7, 11) is 1.63. The van der Waals surface area contributed by atoms with Crippen LogP contribution in [-0.4, -0.2) is 48.8 Å². The molecule has 1 amide bonds. The van der Waals surface area contributed by atoms with E-state index in [0.717, 1.165) is 11.1 Å². The molecule has 0 radical (unpaired) electrons. The molecule has 0 heterocycles. The topological polar surface area (TPSA) is 49.8 Å². The van der Waals surface area contributed by atoms with Crippen molar-refractivity contribution in [2.75, 3.05) is 26.9 Å². The monoisotopic (exact) mass is 289 g/mol. The van der Waals surface area contributed by atoms with Crippen LogP contribution in [0.5, 0.6) is 0 Å². The molecule has 0 spiro atoms. The Morgan fingerprint density at radius 1 is 1.43 bits per heavy atom. The quantitative estimate of drug-likeness (QED) is 0.841. The normalized spacial score (nSPS) is 10.2. The molecule has 0 atom stereocenters.